The molecular weight excluding hydrogens is 224 g/mol. The summed E-state index contributed by atoms with van der Waals surface area (Å²) in [5, 5.41) is 0.430. The number of aryl methyl sites for hydroxylation is 1. The first-order chi connectivity index (χ1) is 7.41. The largest absolute Gasteiger partial charge is 0.459 e. The van der Waals surface area contributed by atoms with Crippen LogP contribution in [0.4, 0.5) is 5.00 Å². The van der Waals surface area contributed by atoms with Gasteiger partial charge < -0.3 is 10.5 Å². The third-order valence-corrected chi connectivity index (χ3v) is 2.97. The summed E-state index contributed by atoms with van der Waals surface area (Å²) in [5.74, 6) is 0.138. The maximum atomic E-state index is 11.8. The van der Waals surface area contributed by atoms with Gasteiger partial charge in [0.1, 0.15) is 10.6 Å². The lowest BCUT2D eigenvalue weighted by molar-refractivity contribution is 0.0300. The fourth-order valence-corrected chi connectivity index (χ4v) is 2.24. The number of nitrogen functional groups attached to an aromatic ring is 1. The van der Waals surface area contributed by atoms with Gasteiger partial charge in [0.25, 0.3) is 0 Å². The third-order valence-electron chi connectivity index (χ3n) is 2.20. The highest BCUT2D eigenvalue weighted by atomic mass is 32.1. The van der Waals surface area contributed by atoms with E-state index in [0.29, 0.717) is 22.2 Å². The van der Waals surface area contributed by atoms with Crippen LogP contribution in [0.15, 0.2) is 0 Å². The van der Waals surface area contributed by atoms with Crippen LogP contribution in [-0.4, -0.2) is 16.4 Å². The van der Waals surface area contributed by atoms with Crippen molar-refractivity contribution in [1.82, 2.24) is 4.37 Å². The van der Waals surface area contributed by atoms with E-state index < -0.39 is 0 Å². The van der Waals surface area contributed by atoms with E-state index in [1.807, 2.05) is 6.92 Å². The number of aromatic nitrogens is 1. The Morgan fingerprint density at radius 3 is 2.56 bits per heavy atom. The zero-order valence-electron chi connectivity index (χ0n) is 10.1. The molecule has 2 N–H and O–H groups in total. The molecule has 0 aromatic carbocycles. The van der Waals surface area contributed by atoms with Crippen LogP contribution in [0, 0.1) is 12.8 Å². The molecule has 1 aromatic heterocycles. The third kappa shape index (κ3) is 3.20. The second-order valence-corrected chi connectivity index (χ2v) is 5.16. The van der Waals surface area contributed by atoms with Crippen molar-refractivity contribution in [3.05, 3.63) is 11.3 Å². The topological polar surface area (TPSA) is 65.2 Å². The molecule has 0 aliphatic rings. The summed E-state index contributed by atoms with van der Waals surface area (Å²) >= 11 is 1.13. The van der Waals surface area contributed by atoms with Crippen LogP contribution in [0.3, 0.4) is 0 Å². The molecule has 0 fully saturated rings. The van der Waals surface area contributed by atoms with Gasteiger partial charge in [-0.2, -0.15) is 4.37 Å². The molecule has 5 heteroatoms. The van der Waals surface area contributed by atoms with E-state index >= 15 is 0 Å². The number of carbonyl (C=O) groups is 1. The second-order valence-electron chi connectivity index (χ2n) is 4.35. The number of hydrogen-bond acceptors (Lipinski definition) is 5. The molecule has 1 aromatic rings. The Balaban J connectivity index is 2.66. The van der Waals surface area contributed by atoms with Crippen molar-refractivity contribution < 1.29 is 9.53 Å². The van der Waals surface area contributed by atoms with Gasteiger partial charge in [0.2, 0.25) is 0 Å². The summed E-state index contributed by atoms with van der Waals surface area (Å²) in [6.07, 6.45) is 0.758. The molecular formula is C11H18N2O2S. The molecule has 0 amide bonds. The zero-order chi connectivity index (χ0) is 12.3. The maximum Gasteiger partial charge on any atom is 0.343 e. The van der Waals surface area contributed by atoms with E-state index in [4.69, 9.17) is 10.5 Å². The van der Waals surface area contributed by atoms with Gasteiger partial charge in [0, 0.05) is 0 Å². The summed E-state index contributed by atoms with van der Waals surface area (Å²) in [6, 6.07) is 0. The molecule has 0 spiro atoms. The number of nitrogens with zero attached hydrogens (tertiary/aromatic N) is 1. The number of nitrogens with two attached hydrogens (primary N) is 1. The van der Waals surface area contributed by atoms with Gasteiger partial charge in [-0.1, -0.05) is 13.8 Å². The van der Waals surface area contributed by atoms with E-state index in [1.165, 1.54) is 0 Å². The zero-order valence-corrected chi connectivity index (χ0v) is 10.9. The van der Waals surface area contributed by atoms with Crippen LogP contribution in [0.5, 0.6) is 0 Å². The SMILES string of the molecule is Cc1nsc(N)c1C(=O)OC(C)CC(C)C. The van der Waals surface area contributed by atoms with Crippen LogP contribution in [-0.2, 0) is 4.74 Å². The van der Waals surface area contributed by atoms with E-state index in [2.05, 4.69) is 18.2 Å². The van der Waals surface area contributed by atoms with Gasteiger partial charge >= 0.3 is 5.97 Å². The van der Waals surface area contributed by atoms with Crippen LogP contribution >= 0.6 is 11.5 Å². The molecule has 0 aliphatic carbocycles. The predicted molar refractivity (Wildman–Crippen MR) is 65.6 cm³/mol. The monoisotopic (exact) mass is 242 g/mol. The molecule has 0 aliphatic heterocycles. The highest BCUT2D eigenvalue weighted by molar-refractivity contribution is 7.10. The Kier molecular flexibility index (Phi) is 4.29. The Morgan fingerprint density at radius 1 is 1.50 bits per heavy atom. The minimum Gasteiger partial charge on any atom is -0.459 e. The average Bonchev–Trinajstić information content (AvgIpc) is 2.44. The molecule has 0 bridgehead atoms. The highest BCUT2D eigenvalue weighted by Gasteiger charge is 2.20. The Hall–Kier alpha value is -1.10. The van der Waals surface area contributed by atoms with Crippen molar-refractivity contribution in [2.75, 3.05) is 5.73 Å². The average molecular weight is 242 g/mol. The van der Waals surface area contributed by atoms with Crippen molar-refractivity contribution in [3.8, 4) is 0 Å². The Bertz CT molecular complexity index is 355. The smallest absolute Gasteiger partial charge is 0.343 e. The van der Waals surface area contributed by atoms with Crippen LogP contribution < -0.4 is 5.73 Å². The van der Waals surface area contributed by atoms with Gasteiger partial charge in [-0.15, -0.1) is 0 Å². The first-order valence-corrected chi connectivity index (χ1v) is 6.11. The number of rotatable bonds is 4. The maximum absolute atomic E-state index is 11.8. The fourth-order valence-electron chi connectivity index (χ4n) is 1.59. The van der Waals surface area contributed by atoms with E-state index in [1.54, 1.807) is 6.92 Å². The van der Waals surface area contributed by atoms with Crippen molar-refractivity contribution in [3.63, 3.8) is 0 Å². The predicted octanol–water partition coefficient (Wildman–Crippen LogP) is 2.63. The number of esters is 1. The Labute approximate surface area is 100.0 Å². The van der Waals surface area contributed by atoms with Crippen molar-refractivity contribution in [2.45, 2.75) is 40.2 Å². The summed E-state index contributed by atoms with van der Waals surface area (Å²) in [7, 11) is 0. The van der Waals surface area contributed by atoms with Crippen molar-refractivity contribution >= 4 is 22.5 Å². The van der Waals surface area contributed by atoms with Gasteiger partial charge in [0.15, 0.2) is 0 Å². The summed E-state index contributed by atoms with van der Waals surface area (Å²) in [5.41, 5.74) is 6.73. The Morgan fingerprint density at radius 2 is 2.12 bits per heavy atom. The molecule has 1 heterocycles. The lowest BCUT2D eigenvalue weighted by Crippen LogP contribution is -2.18. The van der Waals surface area contributed by atoms with Crippen molar-refractivity contribution in [1.29, 1.82) is 0 Å². The fraction of sp³-hybridized carbons (Fsp3) is 0.636. The van der Waals surface area contributed by atoms with Crippen LogP contribution in [0.2, 0.25) is 0 Å². The molecule has 0 saturated carbocycles. The molecule has 1 atom stereocenters. The minimum absolute atomic E-state index is 0.0915. The van der Waals surface area contributed by atoms with Crippen molar-refractivity contribution in [2.24, 2.45) is 5.92 Å². The second kappa shape index (κ2) is 5.30. The quantitative estimate of drug-likeness (QED) is 0.824. The molecule has 16 heavy (non-hydrogen) atoms. The molecule has 4 nitrogen and oxygen atoms in total. The molecule has 0 radical (unpaired) electrons. The summed E-state index contributed by atoms with van der Waals surface area (Å²) < 4.78 is 9.34. The molecule has 1 rings (SSSR count). The van der Waals surface area contributed by atoms with E-state index in [9.17, 15) is 4.79 Å². The lowest BCUT2D eigenvalue weighted by Gasteiger charge is -2.15. The minimum atomic E-state index is -0.364. The highest BCUT2D eigenvalue weighted by Crippen LogP contribution is 2.22. The van der Waals surface area contributed by atoms with Gasteiger partial charge in [-0.05, 0) is 37.7 Å². The molecule has 90 valence electrons. The first-order valence-electron chi connectivity index (χ1n) is 5.34. The summed E-state index contributed by atoms with van der Waals surface area (Å²) in [6.45, 7) is 7.84. The summed E-state index contributed by atoms with van der Waals surface area (Å²) in [4.78, 5) is 11.8. The van der Waals surface area contributed by atoms with Crippen LogP contribution in [0.25, 0.3) is 0 Å². The number of carbonyl (C=O) groups excluding carboxylic acids is 1. The number of anilines is 1. The van der Waals surface area contributed by atoms with Gasteiger partial charge in [-0.3, -0.25) is 0 Å². The van der Waals surface area contributed by atoms with E-state index in [0.717, 1.165) is 18.0 Å². The standard InChI is InChI=1S/C11H18N2O2S/c1-6(2)5-7(3)15-11(14)9-8(4)13-16-10(9)12/h6-7H,5,12H2,1-4H3. The normalized spacial score (nSPS) is 12.8. The molecule has 1 unspecified atom stereocenters. The van der Waals surface area contributed by atoms with Gasteiger partial charge in [0.05, 0.1) is 11.8 Å². The van der Waals surface area contributed by atoms with E-state index in [-0.39, 0.29) is 12.1 Å². The number of hydrogen-bond donors (Lipinski definition) is 1. The van der Waals surface area contributed by atoms with Gasteiger partial charge in [-0.25, -0.2) is 4.79 Å². The molecule has 0 saturated heterocycles. The number of ether oxygens (including phenoxy) is 1. The van der Waals surface area contributed by atoms with Crippen LogP contribution in [0.1, 0.15) is 43.2 Å². The lowest BCUT2D eigenvalue weighted by atomic mass is 10.1. The first kappa shape index (κ1) is 13.0.